The maximum atomic E-state index is 12.2. The van der Waals surface area contributed by atoms with Crippen LogP contribution in [0.1, 0.15) is 12.8 Å². The number of hydrogen-bond acceptors (Lipinski definition) is 3. The molecule has 0 saturated carbocycles. The van der Waals surface area contributed by atoms with Crippen LogP contribution >= 0.6 is 0 Å². The van der Waals surface area contributed by atoms with Crippen molar-refractivity contribution in [2.75, 3.05) is 25.5 Å². The summed E-state index contributed by atoms with van der Waals surface area (Å²) in [6, 6.07) is 8.66. The van der Waals surface area contributed by atoms with Crippen LogP contribution in [0.3, 0.4) is 0 Å². The van der Waals surface area contributed by atoms with Crippen LogP contribution in [0, 0.1) is 0 Å². The number of carbonyl (C=O) groups is 3. The first-order valence-corrected chi connectivity index (χ1v) is 7.23. The number of nitrogens with one attached hydrogen (secondary N) is 2. The molecular weight excluding hydrogens is 284 g/mol. The van der Waals surface area contributed by atoms with E-state index in [1.807, 2.05) is 30.3 Å². The first kappa shape index (κ1) is 14.4. The summed E-state index contributed by atoms with van der Waals surface area (Å²) in [5, 5.41) is 5.58. The molecule has 7 heteroatoms. The Morgan fingerprint density at radius 1 is 1.18 bits per heavy atom. The van der Waals surface area contributed by atoms with E-state index in [2.05, 4.69) is 10.6 Å². The van der Waals surface area contributed by atoms with E-state index in [9.17, 15) is 14.4 Å². The molecule has 1 aromatic carbocycles. The van der Waals surface area contributed by atoms with Gasteiger partial charge < -0.3 is 15.5 Å². The summed E-state index contributed by atoms with van der Waals surface area (Å²) >= 11 is 0. The second kappa shape index (κ2) is 5.32. The summed E-state index contributed by atoms with van der Waals surface area (Å²) < 4.78 is 0. The van der Waals surface area contributed by atoms with Crippen LogP contribution in [0.15, 0.2) is 30.3 Å². The predicted octanol–water partition coefficient (Wildman–Crippen LogP) is 1.23. The van der Waals surface area contributed by atoms with Gasteiger partial charge in [-0.2, -0.15) is 0 Å². The first-order valence-electron chi connectivity index (χ1n) is 7.23. The van der Waals surface area contributed by atoms with E-state index in [1.54, 1.807) is 4.90 Å². The largest absolute Gasteiger partial charge is 0.324 e. The van der Waals surface area contributed by atoms with Crippen LogP contribution in [0.5, 0.6) is 0 Å². The predicted molar refractivity (Wildman–Crippen MR) is 80.3 cm³/mol. The van der Waals surface area contributed by atoms with E-state index in [0.717, 1.165) is 10.6 Å². The van der Waals surface area contributed by atoms with Gasteiger partial charge in [-0.05, 0) is 25.0 Å². The van der Waals surface area contributed by atoms with Gasteiger partial charge >= 0.3 is 12.1 Å². The van der Waals surface area contributed by atoms with Gasteiger partial charge in [0.25, 0.3) is 5.91 Å². The number of urea groups is 2. The van der Waals surface area contributed by atoms with Gasteiger partial charge in [-0.15, -0.1) is 0 Å². The number of anilines is 1. The van der Waals surface area contributed by atoms with Gasteiger partial charge in [0.05, 0.1) is 0 Å². The first-order chi connectivity index (χ1) is 10.5. The van der Waals surface area contributed by atoms with Crippen LogP contribution in [0.25, 0.3) is 0 Å². The molecule has 116 valence electrons. The van der Waals surface area contributed by atoms with Crippen molar-refractivity contribution in [1.82, 2.24) is 15.1 Å². The number of likely N-dealkylation sites (tertiary alicyclic amines) is 1. The summed E-state index contributed by atoms with van der Waals surface area (Å²) in [4.78, 5) is 38.8. The van der Waals surface area contributed by atoms with Crippen molar-refractivity contribution in [3.8, 4) is 0 Å². The average Bonchev–Trinajstić information content (AvgIpc) is 2.73. The van der Waals surface area contributed by atoms with Crippen molar-refractivity contribution in [1.29, 1.82) is 0 Å². The van der Waals surface area contributed by atoms with Gasteiger partial charge in [0.2, 0.25) is 0 Å². The van der Waals surface area contributed by atoms with E-state index < -0.39 is 5.54 Å². The number of hydrogen-bond donors (Lipinski definition) is 2. The Hall–Kier alpha value is -2.57. The molecule has 0 aromatic heterocycles. The smallest absolute Gasteiger partial charge is 0.324 e. The minimum atomic E-state index is -0.838. The Kier molecular flexibility index (Phi) is 3.48. The number of rotatable bonds is 1. The number of piperidine rings is 1. The third-order valence-electron chi connectivity index (χ3n) is 4.29. The highest BCUT2D eigenvalue weighted by atomic mass is 16.2. The molecule has 0 unspecified atom stereocenters. The lowest BCUT2D eigenvalue weighted by Crippen LogP contribution is -2.56. The standard InChI is InChI=1S/C15H18N4O3/c1-18-12(20)15(17-14(18)22)7-9-19(10-8-15)13(21)16-11-5-3-2-4-6-11/h2-6H,7-10H2,1H3,(H,16,21)(H,17,22). The molecule has 2 N–H and O–H groups in total. The summed E-state index contributed by atoms with van der Waals surface area (Å²) in [5.41, 5.74) is -0.104. The monoisotopic (exact) mass is 302 g/mol. The molecule has 5 amide bonds. The molecule has 0 atom stereocenters. The molecule has 1 aromatic rings. The highest BCUT2D eigenvalue weighted by Crippen LogP contribution is 2.28. The van der Waals surface area contributed by atoms with Crippen LogP contribution in [-0.4, -0.2) is 53.4 Å². The third kappa shape index (κ3) is 2.38. The van der Waals surface area contributed by atoms with Crippen molar-refractivity contribution < 1.29 is 14.4 Å². The number of benzene rings is 1. The highest BCUT2D eigenvalue weighted by molar-refractivity contribution is 6.07. The molecule has 3 rings (SSSR count). The van der Waals surface area contributed by atoms with Crippen LogP contribution < -0.4 is 10.6 Å². The lowest BCUT2D eigenvalue weighted by molar-refractivity contribution is -0.131. The molecule has 2 aliphatic heterocycles. The summed E-state index contributed by atoms with van der Waals surface area (Å²) in [5.74, 6) is -0.208. The van der Waals surface area contributed by atoms with Crippen molar-refractivity contribution in [2.24, 2.45) is 0 Å². The van der Waals surface area contributed by atoms with Gasteiger partial charge in [-0.25, -0.2) is 9.59 Å². The molecule has 0 bridgehead atoms. The molecule has 0 aliphatic carbocycles. The Balaban J connectivity index is 1.61. The fraction of sp³-hybridized carbons (Fsp3) is 0.400. The molecule has 2 fully saturated rings. The normalized spacial score (nSPS) is 20.2. The zero-order chi connectivity index (χ0) is 15.7. The number of para-hydroxylation sites is 1. The number of imide groups is 1. The van der Waals surface area contributed by atoms with Crippen LogP contribution in [0.2, 0.25) is 0 Å². The lowest BCUT2D eigenvalue weighted by Gasteiger charge is -2.37. The van der Waals surface area contributed by atoms with Crippen molar-refractivity contribution >= 4 is 23.7 Å². The van der Waals surface area contributed by atoms with Gasteiger partial charge in [0.1, 0.15) is 5.54 Å². The van der Waals surface area contributed by atoms with E-state index >= 15 is 0 Å². The van der Waals surface area contributed by atoms with E-state index in [1.165, 1.54) is 7.05 Å². The van der Waals surface area contributed by atoms with Crippen molar-refractivity contribution in [3.63, 3.8) is 0 Å². The fourth-order valence-electron chi connectivity index (χ4n) is 2.91. The molecule has 2 saturated heterocycles. The quantitative estimate of drug-likeness (QED) is 0.766. The summed E-state index contributed by atoms with van der Waals surface area (Å²) in [6.07, 6.45) is 0.869. The maximum Gasteiger partial charge on any atom is 0.324 e. The van der Waals surface area contributed by atoms with E-state index in [4.69, 9.17) is 0 Å². The average molecular weight is 302 g/mol. The minimum absolute atomic E-state index is 0.189. The molecule has 1 spiro atoms. The zero-order valence-corrected chi connectivity index (χ0v) is 12.3. The van der Waals surface area contributed by atoms with Gasteiger partial charge in [0.15, 0.2) is 0 Å². The van der Waals surface area contributed by atoms with E-state index in [-0.39, 0.29) is 18.0 Å². The summed E-state index contributed by atoms with van der Waals surface area (Å²) in [6.45, 7) is 0.858. The van der Waals surface area contributed by atoms with Crippen LogP contribution in [0.4, 0.5) is 15.3 Å². The molecule has 22 heavy (non-hydrogen) atoms. The number of likely N-dealkylation sites (N-methyl/N-ethyl adjacent to an activating group) is 1. The van der Waals surface area contributed by atoms with Crippen LogP contribution in [-0.2, 0) is 4.79 Å². The highest BCUT2D eigenvalue weighted by Gasteiger charge is 2.51. The molecule has 7 nitrogen and oxygen atoms in total. The van der Waals surface area contributed by atoms with Crippen molar-refractivity contribution in [3.05, 3.63) is 30.3 Å². The van der Waals surface area contributed by atoms with Gasteiger partial charge in [0, 0.05) is 25.8 Å². The Bertz CT molecular complexity index is 608. The Morgan fingerprint density at radius 3 is 2.36 bits per heavy atom. The SMILES string of the molecule is CN1C(=O)NC2(CCN(C(=O)Nc3ccccc3)CC2)C1=O. The van der Waals surface area contributed by atoms with Gasteiger partial charge in [-0.3, -0.25) is 9.69 Å². The number of carbonyl (C=O) groups excluding carboxylic acids is 3. The minimum Gasteiger partial charge on any atom is -0.324 e. The Labute approximate surface area is 128 Å². The van der Waals surface area contributed by atoms with E-state index in [0.29, 0.717) is 25.9 Å². The molecule has 2 aliphatic rings. The summed E-state index contributed by atoms with van der Waals surface area (Å²) in [7, 11) is 1.47. The number of nitrogens with zero attached hydrogens (tertiary/aromatic N) is 2. The van der Waals surface area contributed by atoms with Crippen molar-refractivity contribution in [2.45, 2.75) is 18.4 Å². The third-order valence-corrected chi connectivity index (χ3v) is 4.29. The molecule has 0 radical (unpaired) electrons. The zero-order valence-electron chi connectivity index (χ0n) is 12.3. The lowest BCUT2D eigenvalue weighted by atomic mass is 9.87. The second-order valence-corrected chi connectivity index (χ2v) is 5.66. The maximum absolute atomic E-state index is 12.2. The number of amides is 5. The topological polar surface area (TPSA) is 81.8 Å². The molecular formula is C15H18N4O3. The fourth-order valence-corrected chi connectivity index (χ4v) is 2.91. The second-order valence-electron chi connectivity index (χ2n) is 5.66. The molecule has 2 heterocycles. The Morgan fingerprint density at radius 2 is 1.82 bits per heavy atom. The van der Waals surface area contributed by atoms with Gasteiger partial charge in [-0.1, -0.05) is 18.2 Å².